The zero-order chi connectivity index (χ0) is 24.7. The molecule has 0 aromatic heterocycles. The molecule has 3 aliphatic rings. The lowest BCUT2D eigenvalue weighted by molar-refractivity contribution is -0.384. The van der Waals surface area contributed by atoms with Crippen LogP contribution in [0.5, 0.6) is 17.2 Å². The summed E-state index contributed by atoms with van der Waals surface area (Å²) in [5.41, 5.74) is -1.79. The Hall–Kier alpha value is -2.87. The first-order valence-electron chi connectivity index (χ1n) is 10.2. The average Bonchev–Trinajstić information content (AvgIpc) is 3.54. The van der Waals surface area contributed by atoms with Gasteiger partial charge in [-0.3, -0.25) is 24.6 Å². The molecule has 2 aromatic rings. The van der Waals surface area contributed by atoms with E-state index in [2.05, 4.69) is 27.9 Å². The van der Waals surface area contributed by atoms with E-state index in [9.17, 15) is 24.5 Å². The van der Waals surface area contributed by atoms with Crippen molar-refractivity contribution in [3.8, 4) is 17.2 Å². The number of nitrogens with zero attached hydrogens (tertiary/aromatic N) is 2. The van der Waals surface area contributed by atoms with Crippen molar-refractivity contribution in [3.05, 3.63) is 58.6 Å². The Balaban J connectivity index is 0.000000328. The lowest BCUT2D eigenvalue weighted by Crippen LogP contribution is -2.76. The fourth-order valence-electron chi connectivity index (χ4n) is 3.89. The van der Waals surface area contributed by atoms with Crippen LogP contribution in [-0.2, 0) is 14.4 Å². The summed E-state index contributed by atoms with van der Waals surface area (Å²) in [6.07, 6.45) is 0.295. The Morgan fingerprint density at radius 3 is 2.35 bits per heavy atom. The van der Waals surface area contributed by atoms with Crippen LogP contribution in [0.1, 0.15) is 20.3 Å². The number of thioether (sulfide) groups is 1. The molecule has 178 valence electrons. The summed E-state index contributed by atoms with van der Waals surface area (Å²) in [5, 5.41) is 13.2. The van der Waals surface area contributed by atoms with Crippen molar-refractivity contribution in [2.45, 2.75) is 36.1 Å². The number of carbonyl (C=O) groups excluding carboxylic acids is 3. The largest absolute Gasteiger partial charge is 0.450 e. The van der Waals surface area contributed by atoms with Gasteiger partial charge in [0.25, 0.3) is 5.69 Å². The summed E-state index contributed by atoms with van der Waals surface area (Å²) in [7, 11) is 0. The van der Waals surface area contributed by atoms with Crippen LogP contribution in [0.15, 0.2) is 48.5 Å². The average molecular weight is 597 g/mol. The third-order valence-electron chi connectivity index (χ3n) is 5.62. The van der Waals surface area contributed by atoms with E-state index in [0.717, 1.165) is 11.5 Å². The molecule has 2 amide bonds. The van der Waals surface area contributed by atoms with Crippen molar-refractivity contribution < 1.29 is 28.8 Å². The summed E-state index contributed by atoms with van der Waals surface area (Å²) in [6, 6.07) is 12.9. The Bertz CT molecular complexity index is 1160. The first-order valence-corrected chi connectivity index (χ1v) is 12.6. The third kappa shape index (κ3) is 4.19. The quantitative estimate of drug-likeness (QED) is 0.0690. The number of ether oxygens (including phenoxy) is 2. The molecule has 3 heterocycles. The minimum atomic E-state index is -1.65. The van der Waals surface area contributed by atoms with E-state index in [1.807, 2.05) is 31.2 Å². The standard InChI is InChI=1S/C16H16IN3O6S.C6H4O/c1-9(21)18-16(15(2,8-17)27-13-7-12(22)19(13)16)14(23)26-11-5-3-10(4-6-11)20(24)25;1-2-4-6-5(3-1)7-6/h3-6,13H,7-8H2,1-2H3,(H,18,21);1-4H/t13-,15?,16?;/m1./s1. The van der Waals surface area contributed by atoms with E-state index in [1.165, 1.54) is 47.9 Å². The van der Waals surface area contributed by atoms with Gasteiger partial charge in [-0.05, 0) is 31.2 Å². The van der Waals surface area contributed by atoms with E-state index in [-0.39, 0.29) is 22.7 Å². The Morgan fingerprint density at radius 1 is 1.26 bits per heavy atom. The van der Waals surface area contributed by atoms with Crippen molar-refractivity contribution >= 4 is 57.8 Å². The van der Waals surface area contributed by atoms with Gasteiger partial charge >= 0.3 is 5.97 Å². The molecule has 2 fully saturated rings. The molecule has 12 heteroatoms. The minimum absolute atomic E-state index is 0.0903. The van der Waals surface area contributed by atoms with Gasteiger partial charge in [0.1, 0.15) is 5.75 Å². The van der Waals surface area contributed by atoms with E-state index >= 15 is 0 Å². The van der Waals surface area contributed by atoms with Crippen molar-refractivity contribution in [1.29, 1.82) is 0 Å². The van der Waals surface area contributed by atoms with Crippen LogP contribution >= 0.6 is 34.4 Å². The Labute approximate surface area is 212 Å². The molecule has 5 rings (SSSR count). The molecular formula is C22H20IN3O7S. The molecule has 1 N–H and O–H groups in total. The van der Waals surface area contributed by atoms with Crippen molar-refractivity contribution in [2.24, 2.45) is 0 Å². The van der Waals surface area contributed by atoms with Gasteiger partial charge in [0.05, 0.1) is 21.5 Å². The number of rotatable bonds is 5. The summed E-state index contributed by atoms with van der Waals surface area (Å²) < 4.78 is 10.1. The third-order valence-corrected chi connectivity index (χ3v) is 9.27. The Kier molecular flexibility index (Phi) is 6.46. The molecule has 0 bridgehead atoms. The van der Waals surface area contributed by atoms with Crippen LogP contribution in [0.2, 0.25) is 0 Å². The highest BCUT2D eigenvalue weighted by Gasteiger charge is 2.72. The summed E-state index contributed by atoms with van der Waals surface area (Å²) in [5.74, 6) is 0.648. The second kappa shape index (κ2) is 9.06. The number of para-hydroxylation sites is 2. The number of amides is 2. The van der Waals surface area contributed by atoms with Gasteiger partial charge in [0.15, 0.2) is 11.5 Å². The topological polar surface area (TPSA) is 131 Å². The maximum Gasteiger partial charge on any atom is 0.360 e. The molecule has 0 saturated carbocycles. The number of non-ortho nitro benzene ring substituents is 1. The van der Waals surface area contributed by atoms with Gasteiger partial charge in [-0.25, -0.2) is 4.79 Å². The molecule has 0 spiro atoms. The first kappa shape index (κ1) is 24.3. The number of esters is 1. The monoisotopic (exact) mass is 597 g/mol. The predicted molar refractivity (Wildman–Crippen MR) is 132 cm³/mol. The summed E-state index contributed by atoms with van der Waals surface area (Å²) in [4.78, 5) is 49.0. The summed E-state index contributed by atoms with van der Waals surface area (Å²) in [6.45, 7) is 3.08. The predicted octanol–water partition coefficient (Wildman–Crippen LogP) is 3.62. The van der Waals surface area contributed by atoms with Crippen molar-refractivity contribution in [1.82, 2.24) is 10.2 Å². The molecule has 34 heavy (non-hydrogen) atoms. The van der Waals surface area contributed by atoms with Gasteiger partial charge in [0.2, 0.25) is 17.5 Å². The second-order valence-electron chi connectivity index (χ2n) is 7.99. The number of fused-ring (bicyclic) bond motifs is 2. The van der Waals surface area contributed by atoms with Crippen molar-refractivity contribution in [3.63, 3.8) is 0 Å². The number of nitro groups is 1. The van der Waals surface area contributed by atoms with Gasteiger partial charge in [-0.1, -0.05) is 34.7 Å². The maximum absolute atomic E-state index is 13.2. The molecule has 2 unspecified atom stereocenters. The summed E-state index contributed by atoms with van der Waals surface area (Å²) >= 11 is 3.57. The number of benzene rings is 2. The second-order valence-corrected chi connectivity index (χ2v) is 10.4. The van der Waals surface area contributed by atoms with E-state index < -0.39 is 27.2 Å². The van der Waals surface area contributed by atoms with Crippen LogP contribution in [0.3, 0.4) is 0 Å². The Morgan fingerprint density at radius 2 is 1.88 bits per heavy atom. The number of nitro benzene ring substituents is 1. The van der Waals surface area contributed by atoms with Crippen molar-refractivity contribution in [2.75, 3.05) is 4.43 Å². The number of alkyl halides is 1. The molecule has 0 radical (unpaired) electrons. The normalized spacial score (nSPS) is 25.4. The molecule has 3 aliphatic heterocycles. The first-order chi connectivity index (χ1) is 16.1. The molecule has 10 nitrogen and oxygen atoms in total. The number of halogens is 1. The molecule has 2 saturated heterocycles. The molecule has 3 atom stereocenters. The van der Waals surface area contributed by atoms with E-state index in [0.29, 0.717) is 10.8 Å². The number of hydrogen-bond acceptors (Lipinski definition) is 8. The van der Waals surface area contributed by atoms with Crippen LogP contribution < -0.4 is 14.8 Å². The maximum atomic E-state index is 13.2. The van der Waals surface area contributed by atoms with Crippen LogP contribution in [0.4, 0.5) is 5.69 Å². The van der Waals surface area contributed by atoms with Gasteiger partial charge in [0, 0.05) is 23.5 Å². The lowest BCUT2D eigenvalue weighted by atomic mass is 9.89. The van der Waals surface area contributed by atoms with Crippen LogP contribution in [-0.4, -0.2) is 47.8 Å². The highest BCUT2D eigenvalue weighted by Crippen LogP contribution is 2.56. The number of nitrogens with one attached hydrogen (secondary N) is 1. The zero-order valence-corrected chi connectivity index (χ0v) is 21.1. The lowest BCUT2D eigenvalue weighted by Gasteiger charge is -2.47. The van der Waals surface area contributed by atoms with Crippen LogP contribution in [0, 0.1) is 10.1 Å². The fourth-order valence-corrected chi connectivity index (χ4v) is 6.66. The molecular weight excluding hydrogens is 577 g/mol. The zero-order valence-electron chi connectivity index (χ0n) is 18.1. The van der Waals surface area contributed by atoms with E-state index in [1.54, 1.807) is 0 Å². The number of carbonyl (C=O) groups is 3. The minimum Gasteiger partial charge on any atom is -0.450 e. The van der Waals surface area contributed by atoms with Gasteiger partial charge < -0.3 is 14.8 Å². The smallest absolute Gasteiger partial charge is 0.360 e. The molecule has 2 aromatic carbocycles. The van der Waals surface area contributed by atoms with E-state index in [4.69, 9.17) is 9.47 Å². The molecule has 0 aliphatic carbocycles. The fraction of sp³-hybridized carbons (Fsp3) is 0.318. The highest BCUT2D eigenvalue weighted by molar-refractivity contribution is 14.1. The number of hydrogen-bond donors (Lipinski definition) is 1. The van der Waals surface area contributed by atoms with Gasteiger partial charge in [-0.2, -0.15) is 0 Å². The SMILES string of the molecule is CC(=O)NC1(C(=O)Oc2ccc([N+](=O)[O-])cc2)N2C(=O)C[C@H]2SC1(C)CI.c1ccc2c(c1)O2. The highest BCUT2D eigenvalue weighted by atomic mass is 127. The van der Waals surface area contributed by atoms with Gasteiger partial charge in [-0.15, -0.1) is 11.8 Å². The van der Waals surface area contributed by atoms with Crippen LogP contribution in [0.25, 0.3) is 0 Å². The number of β-lactam (4-membered cyclic amide) rings is 1.